The number of carbonyl (C=O) groups is 1. The van der Waals surface area contributed by atoms with Gasteiger partial charge in [0, 0.05) is 18.7 Å². The lowest BCUT2D eigenvalue weighted by Gasteiger charge is -2.31. The fourth-order valence-electron chi connectivity index (χ4n) is 3.72. The van der Waals surface area contributed by atoms with Gasteiger partial charge in [-0.3, -0.25) is 9.88 Å². The molecule has 1 fully saturated rings. The van der Waals surface area contributed by atoms with Gasteiger partial charge in [-0.05, 0) is 56.6 Å². The molecule has 4 rings (SSSR count). The number of hydrogen-bond acceptors (Lipinski definition) is 4. The van der Waals surface area contributed by atoms with Gasteiger partial charge in [0.05, 0.1) is 22.3 Å². The molecule has 3 heterocycles. The zero-order chi connectivity index (χ0) is 18.1. The summed E-state index contributed by atoms with van der Waals surface area (Å²) < 4.78 is 0. The van der Waals surface area contributed by atoms with Gasteiger partial charge in [0.15, 0.2) is 0 Å². The first-order chi connectivity index (χ1) is 12.6. The number of nitrogens with zero attached hydrogens (tertiary/aromatic N) is 3. The third-order valence-electron chi connectivity index (χ3n) is 5.20. The molecule has 0 saturated carbocycles. The molecule has 1 aliphatic rings. The van der Waals surface area contributed by atoms with E-state index in [4.69, 9.17) is 4.98 Å². The summed E-state index contributed by atoms with van der Waals surface area (Å²) >= 11 is 0. The maximum Gasteiger partial charge on any atom is 0.337 e. The predicted octanol–water partition coefficient (Wildman–Crippen LogP) is 3.34. The van der Waals surface area contributed by atoms with Gasteiger partial charge in [-0.15, -0.1) is 0 Å². The number of imidazole rings is 1. The van der Waals surface area contributed by atoms with Gasteiger partial charge in [-0.2, -0.15) is 0 Å². The maximum absolute atomic E-state index is 11.3. The minimum atomic E-state index is -0.916. The van der Waals surface area contributed by atoms with Crippen molar-refractivity contribution in [2.24, 2.45) is 0 Å². The number of aromatic carboxylic acids is 1. The van der Waals surface area contributed by atoms with Gasteiger partial charge in [0.2, 0.25) is 0 Å². The average molecular weight is 350 g/mol. The van der Waals surface area contributed by atoms with E-state index in [1.165, 1.54) is 5.56 Å². The number of nitrogens with one attached hydrogen (secondary N) is 1. The van der Waals surface area contributed by atoms with Crippen LogP contribution in [0.15, 0.2) is 36.5 Å². The lowest BCUT2D eigenvalue weighted by Crippen LogP contribution is -2.33. The molecule has 1 aliphatic heterocycles. The second kappa shape index (κ2) is 6.88. The molecule has 2 aromatic heterocycles. The first-order valence-electron chi connectivity index (χ1n) is 8.96. The second-order valence-electron chi connectivity index (χ2n) is 6.95. The highest BCUT2D eigenvalue weighted by molar-refractivity contribution is 5.88. The summed E-state index contributed by atoms with van der Waals surface area (Å²) in [6.07, 6.45) is 3.67. The van der Waals surface area contributed by atoms with E-state index in [0.717, 1.165) is 42.8 Å². The van der Waals surface area contributed by atoms with E-state index >= 15 is 0 Å². The Balaban J connectivity index is 1.44. The third-order valence-corrected chi connectivity index (χ3v) is 5.20. The molecular formula is C20H22N4O2. The summed E-state index contributed by atoms with van der Waals surface area (Å²) in [5.41, 5.74) is 4.28. The van der Waals surface area contributed by atoms with E-state index in [1.54, 1.807) is 18.3 Å². The Bertz CT molecular complexity index is 942. The summed E-state index contributed by atoms with van der Waals surface area (Å²) in [5, 5.41) is 9.31. The van der Waals surface area contributed by atoms with E-state index in [0.29, 0.717) is 23.7 Å². The van der Waals surface area contributed by atoms with Crippen molar-refractivity contribution in [2.45, 2.75) is 32.2 Å². The quantitative estimate of drug-likeness (QED) is 0.754. The van der Waals surface area contributed by atoms with E-state index < -0.39 is 5.97 Å². The van der Waals surface area contributed by atoms with Crippen LogP contribution in [0, 0.1) is 6.92 Å². The number of fused-ring (bicyclic) bond motifs is 1. The molecule has 1 saturated heterocycles. The van der Waals surface area contributed by atoms with Gasteiger partial charge in [0.1, 0.15) is 5.82 Å². The summed E-state index contributed by atoms with van der Waals surface area (Å²) in [6, 6.07) is 9.50. The zero-order valence-electron chi connectivity index (χ0n) is 14.8. The van der Waals surface area contributed by atoms with Crippen LogP contribution in [0.25, 0.3) is 11.0 Å². The smallest absolute Gasteiger partial charge is 0.337 e. The number of aromatic nitrogens is 3. The molecule has 0 bridgehead atoms. The molecule has 3 aromatic rings. The number of piperidine rings is 1. The van der Waals surface area contributed by atoms with E-state index in [2.05, 4.69) is 40.0 Å². The van der Waals surface area contributed by atoms with Crippen LogP contribution in [0.2, 0.25) is 0 Å². The standard InChI is InChI=1S/C20H22N4O2/c1-13-4-2-6-16-18(13)23-19(22-16)14-7-10-24(11-8-14)12-17-15(20(25)26)5-3-9-21-17/h2-6,9,14H,7-8,10-12H2,1H3,(H,22,23)(H,25,26). The van der Waals surface area contributed by atoms with Gasteiger partial charge in [-0.1, -0.05) is 12.1 Å². The van der Waals surface area contributed by atoms with Crippen molar-refractivity contribution < 1.29 is 9.90 Å². The number of aryl methyl sites for hydroxylation is 1. The van der Waals surface area contributed by atoms with E-state index in [1.807, 2.05) is 0 Å². The number of carboxylic acids is 1. The number of H-pyrrole nitrogens is 1. The minimum absolute atomic E-state index is 0.294. The number of aromatic amines is 1. The van der Waals surface area contributed by atoms with Crippen molar-refractivity contribution in [1.29, 1.82) is 0 Å². The van der Waals surface area contributed by atoms with Gasteiger partial charge in [0.25, 0.3) is 0 Å². The van der Waals surface area contributed by atoms with Crippen LogP contribution >= 0.6 is 0 Å². The number of pyridine rings is 1. The van der Waals surface area contributed by atoms with E-state index in [9.17, 15) is 9.90 Å². The highest BCUT2D eigenvalue weighted by Gasteiger charge is 2.24. The molecule has 1 aromatic carbocycles. The van der Waals surface area contributed by atoms with Crippen LogP contribution in [-0.2, 0) is 6.54 Å². The van der Waals surface area contributed by atoms with Crippen molar-refractivity contribution >= 4 is 17.0 Å². The molecule has 26 heavy (non-hydrogen) atoms. The minimum Gasteiger partial charge on any atom is -0.478 e. The summed E-state index contributed by atoms with van der Waals surface area (Å²) in [7, 11) is 0. The second-order valence-corrected chi connectivity index (χ2v) is 6.95. The Morgan fingerprint density at radius 2 is 2.08 bits per heavy atom. The lowest BCUT2D eigenvalue weighted by molar-refractivity contribution is 0.0693. The van der Waals surface area contributed by atoms with Gasteiger partial charge >= 0.3 is 5.97 Å². The fraction of sp³-hybridized carbons (Fsp3) is 0.350. The molecule has 0 aliphatic carbocycles. The molecule has 0 spiro atoms. The Morgan fingerprint density at radius 3 is 2.81 bits per heavy atom. The van der Waals surface area contributed by atoms with Crippen LogP contribution in [0.5, 0.6) is 0 Å². The van der Waals surface area contributed by atoms with Crippen LogP contribution in [0.4, 0.5) is 0 Å². The molecule has 0 radical (unpaired) electrons. The fourth-order valence-corrected chi connectivity index (χ4v) is 3.72. The monoisotopic (exact) mass is 350 g/mol. The normalized spacial score (nSPS) is 16.2. The van der Waals surface area contributed by atoms with Crippen LogP contribution in [0.1, 0.15) is 46.2 Å². The largest absolute Gasteiger partial charge is 0.478 e. The molecule has 0 unspecified atom stereocenters. The number of likely N-dealkylation sites (tertiary alicyclic amines) is 1. The average Bonchev–Trinajstić information content (AvgIpc) is 3.08. The van der Waals surface area contributed by atoms with Crippen LogP contribution in [0.3, 0.4) is 0 Å². The summed E-state index contributed by atoms with van der Waals surface area (Å²) in [6.45, 7) is 4.49. The number of rotatable bonds is 4. The van der Waals surface area contributed by atoms with Crippen LogP contribution in [-0.4, -0.2) is 44.0 Å². The lowest BCUT2D eigenvalue weighted by atomic mass is 9.96. The summed E-state index contributed by atoms with van der Waals surface area (Å²) in [5.74, 6) is 0.569. The van der Waals surface area contributed by atoms with Crippen molar-refractivity contribution in [3.8, 4) is 0 Å². The Labute approximate surface area is 151 Å². The number of carboxylic acid groups (broad SMARTS) is 1. The maximum atomic E-state index is 11.3. The van der Waals surface area contributed by atoms with Gasteiger partial charge in [-0.25, -0.2) is 9.78 Å². The molecule has 134 valence electrons. The van der Waals surface area contributed by atoms with Crippen molar-refractivity contribution in [2.75, 3.05) is 13.1 Å². The van der Waals surface area contributed by atoms with Crippen molar-refractivity contribution in [1.82, 2.24) is 19.9 Å². The first kappa shape index (κ1) is 16.7. The molecular weight excluding hydrogens is 328 g/mol. The topological polar surface area (TPSA) is 82.1 Å². The first-order valence-corrected chi connectivity index (χ1v) is 8.96. The predicted molar refractivity (Wildman–Crippen MR) is 99.3 cm³/mol. The van der Waals surface area contributed by atoms with E-state index in [-0.39, 0.29) is 0 Å². The highest BCUT2D eigenvalue weighted by atomic mass is 16.4. The zero-order valence-corrected chi connectivity index (χ0v) is 14.8. The number of para-hydroxylation sites is 1. The van der Waals surface area contributed by atoms with Crippen molar-refractivity contribution in [3.63, 3.8) is 0 Å². The number of hydrogen-bond donors (Lipinski definition) is 2. The Hall–Kier alpha value is -2.73. The molecule has 6 nitrogen and oxygen atoms in total. The Kier molecular flexibility index (Phi) is 4.42. The molecule has 2 N–H and O–H groups in total. The third kappa shape index (κ3) is 3.20. The van der Waals surface area contributed by atoms with Crippen LogP contribution < -0.4 is 0 Å². The number of benzene rings is 1. The van der Waals surface area contributed by atoms with Crippen molar-refractivity contribution in [3.05, 3.63) is 59.2 Å². The molecule has 0 atom stereocenters. The van der Waals surface area contributed by atoms with Gasteiger partial charge < -0.3 is 10.1 Å². The summed E-state index contributed by atoms with van der Waals surface area (Å²) in [4.78, 5) is 26.2. The Morgan fingerprint density at radius 1 is 1.27 bits per heavy atom. The molecule has 6 heteroatoms. The highest BCUT2D eigenvalue weighted by Crippen LogP contribution is 2.29. The molecule has 0 amide bonds. The SMILES string of the molecule is Cc1cccc2[nH]c(C3CCN(Cc4ncccc4C(=O)O)CC3)nc12.